The number of aldehydes is 1. The van der Waals surface area contributed by atoms with E-state index in [1.807, 2.05) is 0 Å². The van der Waals surface area contributed by atoms with Gasteiger partial charge in [-0.3, -0.25) is 4.99 Å². The zero-order chi connectivity index (χ0) is 15.9. The number of alkyl halides is 3. The summed E-state index contributed by atoms with van der Waals surface area (Å²) >= 11 is 0. The van der Waals surface area contributed by atoms with Gasteiger partial charge in [-0.25, -0.2) is 0 Å². The third-order valence-electron chi connectivity index (χ3n) is 2.81. The number of allylic oxidation sites excluding steroid dienone is 7. The van der Waals surface area contributed by atoms with Crippen molar-refractivity contribution in [1.82, 2.24) is 5.32 Å². The van der Waals surface area contributed by atoms with Crippen molar-refractivity contribution >= 4 is 12.5 Å². The molecule has 0 aliphatic heterocycles. The minimum Gasteiger partial charge on any atom is -0.354 e. The van der Waals surface area contributed by atoms with Gasteiger partial charge < -0.3 is 10.1 Å². The number of carbonyl (C=O) groups excluding carboxylic acids is 1. The van der Waals surface area contributed by atoms with Crippen molar-refractivity contribution in [1.29, 1.82) is 0 Å². The molecule has 0 aromatic rings. The van der Waals surface area contributed by atoms with Gasteiger partial charge in [0.05, 0.1) is 12.2 Å². The first-order chi connectivity index (χ1) is 9.88. The molecule has 0 unspecified atom stereocenters. The van der Waals surface area contributed by atoms with Crippen LogP contribution in [0.2, 0.25) is 0 Å². The molecule has 0 heterocycles. The molecule has 0 saturated carbocycles. The Balaban J connectivity index is 3.02. The van der Waals surface area contributed by atoms with E-state index in [1.54, 1.807) is 26.0 Å². The van der Waals surface area contributed by atoms with Gasteiger partial charge in [-0.15, -0.1) is 0 Å². The molecule has 0 amide bonds. The number of aliphatic imine (C=N–C) groups is 1. The number of nitrogens with one attached hydrogen (secondary N) is 1. The number of halogens is 3. The van der Waals surface area contributed by atoms with E-state index in [2.05, 4.69) is 10.3 Å². The van der Waals surface area contributed by atoms with Crippen LogP contribution < -0.4 is 5.32 Å². The van der Waals surface area contributed by atoms with E-state index in [-0.39, 0.29) is 13.0 Å². The van der Waals surface area contributed by atoms with Crippen LogP contribution in [0.25, 0.3) is 0 Å². The zero-order valence-electron chi connectivity index (χ0n) is 11.9. The fourth-order valence-corrected chi connectivity index (χ4v) is 1.66. The summed E-state index contributed by atoms with van der Waals surface area (Å²) in [5, 5.41) is 2.90. The van der Waals surface area contributed by atoms with Crippen LogP contribution in [0.15, 0.2) is 51.8 Å². The topological polar surface area (TPSA) is 41.5 Å². The Bertz CT molecular complexity index is 538. The van der Waals surface area contributed by atoms with Crippen LogP contribution in [0.4, 0.5) is 13.2 Å². The third kappa shape index (κ3) is 5.41. The molecule has 0 aromatic heterocycles. The molecule has 0 saturated heterocycles. The summed E-state index contributed by atoms with van der Waals surface area (Å²) in [6.07, 6.45) is 3.46. The Morgan fingerprint density at radius 2 is 2.19 bits per heavy atom. The SMILES string of the molecule is C/C=C(\C=NCC=O)NC1=C(C)C=CCC(C(F)(F)F)=C1. The lowest BCUT2D eigenvalue weighted by molar-refractivity contribution is -0.106. The summed E-state index contributed by atoms with van der Waals surface area (Å²) in [5.41, 5.74) is 0.969. The van der Waals surface area contributed by atoms with Gasteiger partial charge in [-0.05, 0) is 31.9 Å². The molecular weight excluding hydrogens is 281 g/mol. The first-order valence-electron chi connectivity index (χ1n) is 6.40. The predicted octanol–water partition coefficient (Wildman–Crippen LogP) is 3.47. The van der Waals surface area contributed by atoms with Crippen LogP contribution in [-0.4, -0.2) is 25.2 Å². The highest BCUT2D eigenvalue weighted by atomic mass is 19.4. The second kappa shape index (κ2) is 7.61. The summed E-state index contributed by atoms with van der Waals surface area (Å²) in [7, 11) is 0. The molecule has 0 spiro atoms. The summed E-state index contributed by atoms with van der Waals surface area (Å²) in [4.78, 5) is 14.0. The highest BCUT2D eigenvalue weighted by molar-refractivity contribution is 5.79. The van der Waals surface area contributed by atoms with E-state index in [4.69, 9.17) is 0 Å². The molecule has 1 aliphatic carbocycles. The van der Waals surface area contributed by atoms with Gasteiger partial charge in [-0.2, -0.15) is 13.2 Å². The summed E-state index contributed by atoms with van der Waals surface area (Å²) in [5.74, 6) is 0. The highest BCUT2D eigenvalue weighted by Crippen LogP contribution is 2.31. The minimum atomic E-state index is -4.36. The van der Waals surface area contributed by atoms with Crippen LogP contribution in [0.3, 0.4) is 0 Å². The average molecular weight is 298 g/mol. The second-order valence-electron chi connectivity index (χ2n) is 4.40. The van der Waals surface area contributed by atoms with E-state index < -0.39 is 11.7 Å². The standard InChI is InChI=1S/C15H17F3N2O/c1-3-13(10-19-7-8-21)20-14-9-12(15(16,17)18)6-4-5-11(14)2/h3-5,8-10,20H,6-7H2,1-2H3/b13-3+,19-10?. The summed E-state index contributed by atoms with van der Waals surface area (Å²) < 4.78 is 38.6. The van der Waals surface area contributed by atoms with Crippen molar-refractivity contribution < 1.29 is 18.0 Å². The fourth-order valence-electron chi connectivity index (χ4n) is 1.66. The van der Waals surface area contributed by atoms with Crippen LogP contribution in [0.5, 0.6) is 0 Å². The molecule has 114 valence electrons. The molecule has 0 atom stereocenters. The average Bonchev–Trinajstić information content (AvgIpc) is 2.60. The molecule has 6 heteroatoms. The Morgan fingerprint density at radius 1 is 1.48 bits per heavy atom. The Morgan fingerprint density at radius 3 is 2.76 bits per heavy atom. The zero-order valence-corrected chi connectivity index (χ0v) is 11.9. The van der Waals surface area contributed by atoms with Crippen LogP contribution >= 0.6 is 0 Å². The third-order valence-corrected chi connectivity index (χ3v) is 2.81. The second-order valence-corrected chi connectivity index (χ2v) is 4.40. The van der Waals surface area contributed by atoms with Crippen LogP contribution in [-0.2, 0) is 4.79 Å². The van der Waals surface area contributed by atoms with Gasteiger partial charge in [0, 0.05) is 17.5 Å². The molecule has 0 fully saturated rings. The molecule has 1 aliphatic rings. The molecule has 21 heavy (non-hydrogen) atoms. The lowest BCUT2D eigenvalue weighted by atomic mass is 10.1. The number of carbonyl (C=O) groups is 1. The molecule has 0 aromatic carbocycles. The van der Waals surface area contributed by atoms with Crippen molar-refractivity contribution in [3.8, 4) is 0 Å². The normalized spacial score (nSPS) is 17.0. The maximum absolute atomic E-state index is 12.9. The van der Waals surface area contributed by atoms with Crippen molar-refractivity contribution in [3.63, 3.8) is 0 Å². The highest BCUT2D eigenvalue weighted by Gasteiger charge is 2.33. The first-order valence-corrected chi connectivity index (χ1v) is 6.40. The van der Waals surface area contributed by atoms with Gasteiger partial charge in [-0.1, -0.05) is 18.2 Å². The Hall–Kier alpha value is -2.11. The smallest absolute Gasteiger partial charge is 0.354 e. The maximum atomic E-state index is 12.9. The lowest BCUT2D eigenvalue weighted by Gasteiger charge is -2.13. The lowest BCUT2D eigenvalue weighted by Crippen LogP contribution is -2.17. The van der Waals surface area contributed by atoms with Gasteiger partial charge in [0.15, 0.2) is 0 Å². The molecule has 1 rings (SSSR count). The summed E-state index contributed by atoms with van der Waals surface area (Å²) in [6.45, 7) is 3.47. The maximum Gasteiger partial charge on any atom is 0.413 e. The fraction of sp³-hybridized carbons (Fsp3) is 0.333. The Kier molecular flexibility index (Phi) is 6.14. The van der Waals surface area contributed by atoms with E-state index in [1.165, 1.54) is 12.3 Å². The largest absolute Gasteiger partial charge is 0.413 e. The van der Waals surface area contributed by atoms with E-state index in [0.717, 1.165) is 6.08 Å². The number of hydrogen-bond donors (Lipinski definition) is 1. The van der Waals surface area contributed by atoms with Crippen molar-refractivity contribution in [2.24, 2.45) is 4.99 Å². The number of nitrogens with zero attached hydrogens (tertiary/aromatic N) is 1. The predicted molar refractivity (Wildman–Crippen MR) is 76.9 cm³/mol. The number of hydrogen-bond acceptors (Lipinski definition) is 3. The molecule has 1 N–H and O–H groups in total. The number of rotatable bonds is 5. The van der Waals surface area contributed by atoms with Gasteiger partial charge in [0.1, 0.15) is 6.29 Å². The summed E-state index contributed by atoms with van der Waals surface area (Å²) in [6, 6.07) is 0. The van der Waals surface area contributed by atoms with Crippen molar-refractivity contribution in [2.45, 2.75) is 26.4 Å². The van der Waals surface area contributed by atoms with Crippen LogP contribution in [0.1, 0.15) is 20.3 Å². The Labute approximate surface area is 121 Å². The van der Waals surface area contributed by atoms with Gasteiger partial charge in [0.2, 0.25) is 0 Å². The quantitative estimate of drug-likeness (QED) is 0.623. The first kappa shape index (κ1) is 16.9. The van der Waals surface area contributed by atoms with E-state index >= 15 is 0 Å². The van der Waals surface area contributed by atoms with E-state index in [9.17, 15) is 18.0 Å². The molecule has 0 bridgehead atoms. The van der Waals surface area contributed by atoms with E-state index in [0.29, 0.717) is 23.3 Å². The minimum absolute atomic E-state index is 0.0145. The van der Waals surface area contributed by atoms with Gasteiger partial charge >= 0.3 is 6.18 Å². The molecule has 3 nitrogen and oxygen atoms in total. The van der Waals surface area contributed by atoms with Gasteiger partial charge in [0.25, 0.3) is 0 Å². The van der Waals surface area contributed by atoms with Crippen molar-refractivity contribution in [3.05, 3.63) is 46.8 Å². The van der Waals surface area contributed by atoms with Crippen LogP contribution in [0, 0.1) is 0 Å². The van der Waals surface area contributed by atoms with Crippen molar-refractivity contribution in [2.75, 3.05) is 6.54 Å². The monoisotopic (exact) mass is 298 g/mol. The molecule has 0 radical (unpaired) electrons. The molecular formula is C15H17F3N2O.